The molecule has 0 radical (unpaired) electrons. The van der Waals surface area contributed by atoms with Crippen molar-refractivity contribution in [1.82, 2.24) is 10.2 Å². The molecule has 0 bridgehead atoms. The van der Waals surface area contributed by atoms with Gasteiger partial charge in [-0.15, -0.1) is 0 Å². The molecule has 0 amide bonds. The van der Waals surface area contributed by atoms with Gasteiger partial charge in [-0.05, 0) is 18.6 Å². The Morgan fingerprint density at radius 3 is 2.33 bits per heavy atom. The van der Waals surface area contributed by atoms with E-state index in [0.29, 0.717) is 6.42 Å². The molecule has 1 atom stereocenters. The highest BCUT2D eigenvalue weighted by Crippen LogP contribution is 2.21. The Balaban J connectivity index is 2.81. The first-order valence-electron chi connectivity index (χ1n) is 5.35. The zero-order chi connectivity index (χ0) is 11.5. The summed E-state index contributed by atoms with van der Waals surface area (Å²) in [4.78, 5) is 0. The van der Waals surface area contributed by atoms with Crippen molar-refractivity contribution in [2.45, 2.75) is 45.4 Å². The van der Waals surface area contributed by atoms with E-state index in [0.717, 1.165) is 11.4 Å². The minimum absolute atomic E-state index is 0.0227. The van der Waals surface area contributed by atoms with Crippen molar-refractivity contribution in [3.05, 3.63) is 23.5 Å². The fourth-order valence-electron chi connectivity index (χ4n) is 1.32. The van der Waals surface area contributed by atoms with E-state index in [2.05, 4.69) is 31.0 Å². The molecule has 2 nitrogen and oxygen atoms in total. The monoisotopic (exact) mass is 210 g/mol. The van der Waals surface area contributed by atoms with Gasteiger partial charge in [0.15, 0.2) is 0 Å². The topological polar surface area (TPSA) is 25.8 Å². The van der Waals surface area contributed by atoms with E-state index < -0.39 is 0 Å². The zero-order valence-electron chi connectivity index (χ0n) is 9.92. The van der Waals surface area contributed by atoms with Gasteiger partial charge >= 0.3 is 0 Å². The number of hydrogen-bond acceptors (Lipinski definition) is 2. The van der Waals surface area contributed by atoms with Crippen LogP contribution in [-0.4, -0.2) is 16.9 Å². The van der Waals surface area contributed by atoms with Gasteiger partial charge in [0.2, 0.25) is 0 Å². The van der Waals surface area contributed by atoms with Gasteiger partial charge in [-0.3, -0.25) is 4.39 Å². The van der Waals surface area contributed by atoms with E-state index in [4.69, 9.17) is 0 Å². The predicted molar refractivity (Wildman–Crippen MR) is 59.7 cm³/mol. The van der Waals surface area contributed by atoms with Gasteiger partial charge < -0.3 is 0 Å². The number of rotatable bonds is 3. The lowest BCUT2D eigenvalue weighted by Gasteiger charge is -2.17. The maximum atomic E-state index is 12.1. The number of alkyl halides is 1. The highest BCUT2D eigenvalue weighted by molar-refractivity contribution is 5.15. The molecular weight excluding hydrogens is 191 g/mol. The van der Waals surface area contributed by atoms with Gasteiger partial charge in [0, 0.05) is 11.3 Å². The van der Waals surface area contributed by atoms with Crippen LogP contribution in [0.15, 0.2) is 12.1 Å². The number of hydrogen-bond donors (Lipinski definition) is 0. The molecule has 1 heterocycles. The largest absolute Gasteiger partial charge is 0.251 e. The van der Waals surface area contributed by atoms with Crippen LogP contribution < -0.4 is 0 Å². The van der Waals surface area contributed by atoms with E-state index in [1.807, 2.05) is 19.1 Å². The standard InChI is InChI=1S/C12H19FN2/c1-9(7-8-13)10-5-6-11(15-14-10)12(2,3)4/h5-6,9H,7-8H2,1-4H3. The Hall–Kier alpha value is -0.990. The van der Waals surface area contributed by atoms with Gasteiger partial charge in [-0.1, -0.05) is 27.7 Å². The van der Waals surface area contributed by atoms with Crippen molar-refractivity contribution in [1.29, 1.82) is 0 Å². The van der Waals surface area contributed by atoms with Gasteiger partial charge in [-0.25, -0.2) is 0 Å². The van der Waals surface area contributed by atoms with Crippen LogP contribution in [0, 0.1) is 0 Å². The van der Waals surface area contributed by atoms with Crippen LogP contribution in [0.25, 0.3) is 0 Å². The fourth-order valence-corrected chi connectivity index (χ4v) is 1.32. The molecule has 0 spiro atoms. The van der Waals surface area contributed by atoms with Crippen molar-refractivity contribution < 1.29 is 4.39 Å². The van der Waals surface area contributed by atoms with Crippen molar-refractivity contribution in [3.63, 3.8) is 0 Å². The summed E-state index contributed by atoms with van der Waals surface area (Å²) in [5.41, 5.74) is 1.87. The van der Waals surface area contributed by atoms with Gasteiger partial charge in [0.1, 0.15) is 0 Å². The Kier molecular flexibility index (Phi) is 3.77. The molecule has 0 aliphatic rings. The predicted octanol–water partition coefficient (Wildman–Crippen LogP) is 3.24. The Morgan fingerprint density at radius 1 is 1.27 bits per heavy atom. The summed E-state index contributed by atoms with van der Waals surface area (Å²) in [6.07, 6.45) is 0.517. The van der Waals surface area contributed by atoms with Crippen LogP contribution in [0.2, 0.25) is 0 Å². The quantitative estimate of drug-likeness (QED) is 0.765. The van der Waals surface area contributed by atoms with Crippen molar-refractivity contribution in [3.8, 4) is 0 Å². The van der Waals surface area contributed by atoms with Crippen molar-refractivity contribution >= 4 is 0 Å². The van der Waals surface area contributed by atoms with Gasteiger partial charge in [-0.2, -0.15) is 10.2 Å². The SMILES string of the molecule is CC(CCF)c1ccc(C(C)(C)C)nn1. The van der Waals surface area contributed by atoms with E-state index in [-0.39, 0.29) is 18.0 Å². The molecule has 0 aliphatic carbocycles. The molecule has 0 fully saturated rings. The molecule has 0 aromatic carbocycles. The van der Waals surface area contributed by atoms with Gasteiger partial charge in [0.05, 0.1) is 18.1 Å². The third kappa shape index (κ3) is 3.26. The Morgan fingerprint density at radius 2 is 1.93 bits per heavy atom. The second-order valence-electron chi connectivity index (χ2n) is 4.97. The lowest BCUT2D eigenvalue weighted by atomic mass is 9.91. The number of aromatic nitrogens is 2. The van der Waals surface area contributed by atoms with Crippen LogP contribution in [-0.2, 0) is 5.41 Å². The van der Waals surface area contributed by atoms with E-state index >= 15 is 0 Å². The minimum atomic E-state index is -0.302. The first-order valence-corrected chi connectivity index (χ1v) is 5.35. The number of nitrogens with zero attached hydrogens (tertiary/aromatic N) is 2. The average Bonchev–Trinajstić information content (AvgIpc) is 2.17. The van der Waals surface area contributed by atoms with Crippen molar-refractivity contribution in [2.75, 3.05) is 6.67 Å². The first kappa shape index (κ1) is 12.1. The fraction of sp³-hybridized carbons (Fsp3) is 0.667. The van der Waals surface area contributed by atoms with E-state index in [1.165, 1.54) is 0 Å². The van der Waals surface area contributed by atoms with Crippen LogP contribution in [0.5, 0.6) is 0 Å². The molecule has 0 saturated carbocycles. The van der Waals surface area contributed by atoms with Crippen LogP contribution in [0.3, 0.4) is 0 Å². The molecule has 1 rings (SSSR count). The zero-order valence-corrected chi connectivity index (χ0v) is 9.92. The summed E-state index contributed by atoms with van der Waals surface area (Å²) in [5.74, 6) is 0.150. The van der Waals surface area contributed by atoms with E-state index in [1.54, 1.807) is 0 Å². The molecule has 1 unspecified atom stereocenters. The summed E-state index contributed by atoms with van der Waals surface area (Å²) < 4.78 is 12.1. The summed E-state index contributed by atoms with van der Waals surface area (Å²) in [5, 5.41) is 8.33. The lowest BCUT2D eigenvalue weighted by molar-refractivity contribution is 0.442. The molecule has 1 aromatic rings. The second kappa shape index (κ2) is 4.69. The molecule has 15 heavy (non-hydrogen) atoms. The highest BCUT2D eigenvalue weighted by atomic mass is 19.1. The molecule has 0 aliphatic heterocycles. The second-order valence-corrected chi connectivity index (χ2v) is 4.97. The molecule has 1 aromatic heterocycles. The Labute approximate surface area is 90.9 Å². The third-order valence-electron chi connectivity index (χ3n) is 2.50. The first-order chi connectivity index (χ1) is 6.95. The summed E-state index contributed by atoms with van der Waals surface area (Å²) in [6, 6.07) is 3.94. The minimum Gasteiger partial charge on any atom is -0.251 e. The third-order valence-corrected chi connectivity index (χ3v) is 2.50. The molecule has 3 heteroatoms. The summed E-state index contributed by atoms with van der Waals surface area (Å²) in [7, 11) is 0. The normalized spacial score (nSPS) is 13.9. The van der Waals surface area contributed by atoms with E-state index in [9.17, 15) is 4.39 Å². The smallest absolute Gasteiger partial charge is 0.0900 e. The molecule has 84 valence electrons. The number of halogens is 1. The van der Waals surface area contributed by atoms with Crippen LogP contribution >= 0.6 is 0 Å². The lowest BCUT2D eigenvalue weighted by Crippen LogP contribution is -2.15. The summed E-state index contributed by atoms with van der Waals surface area (Å²) >= 11 is 0. The van der Waals surface area contributed by atoms with Crippen LogP contribution in [0.1, 0.15) is 51.4 Å². The summed E-state index contributed by atoms with van der Waals surface area (Å²) in [6.45, 7) is 7.97. The molecular formula is C12H19FN2. The van der Waals surface area contributed by atoms with Crippen molar-refractivity contribution in [2.24, 2.45) is 0 Å². The van der Waals surface area contributed by atoms with Gasteiger partial charge in [0.25, 0.3) is 0 Å². The molecule has 0 N–H and O–H groups in total. The molecule has 0 saturated heterocycles. The Bertz CT molecular complexity index is 300. The maximum Gasteiger partial charge on any atom is 0.0900 e. The highest BCUT2D eigenvalue weighted by Gasteiger charge is 2.16. The van der Waals surface area contributed by atoms with Crippen LogP contribution in [0.4, 0.5) is 4.39 Å². The maximum absolute atomic E-state index is 12.1. The average molecular weight is 210 g/mol.